The third-order valence-corrected chi connectivity index (χ3v) is 5.71. The van der Waals surface area contributed by atoms with E-state index in [9.17, 15) is 10.5 Å². The number of pyridine rings is 1. The Labute approximate surface area is 240 Å². The minimum atomic E-state index is 0.225. The molecule has 4 aromatic carbocycles. The van der Waals surface area contributed by atoms with Gasteiger partial charge in [0, 0.05) is 24.4 Å². The van der Waals surface area contributed by atoms with Gasteiger partial charge in [-0.25, -0.2) is 4.98 Å². The second kappa shape index (κ2) is 12.4. The summed E-state index contributed by atoms with van der Waals surface area (Å²) in [6.45, 7) is 0. The predicted molar refractivity (Wildman–Crippen MR) is 149 cm³/mol. The van der Waals surface area contributed by atoms with E-state index >= 15 is 0 Å². The van der Waals surface area contributed by atoms with Crippen LogP contribution in [0.2, 0.25) is 0 Å². The third kappa shape index (κ3) is 6.42. The van der Waals surface area contributed by atoms with Crippen LogP contribution in [0, 0.1) is 45.3 Å². The molecule has 0 bridgehead atoms. The maximum Gasteiger partial charge on any atom is 0.222 e. The van der Waals surface area contributed by atoms with Gasteiger partial charge >= 0.3 is 0 Å². The van der Waals surface area contributed by atoms with Crippen LogP contribution < -0.4 is 18.9 Å². The predicted octanol–water partition coefficient (Wildman–Crippen LogP) is 7.74. The van der Waals surface area contributed by atoms with Crippen molar-refractivity contribution < 1.29 is 18.9 Å². The van der Waals surface area contributed by atoms with E-state index in [2.05, 4.69) is 4.98 Å². The Morgan fingerprint density at radius 2 is 0.810 bits per heavy atom. The molecule has 42 heavy (non-hydrogen) atoms. The molecule has 1 heterocycles. The van der Waals surface area contributed by atoms with Gasteiger partial charge in [0.1, 0.15) is 64.5 Å². The number of aromatic nitrogens is 1. The van der Waals surface area contributed by atoms with Crippen molar-refractivity contribution in [3.8, 4) is 70.4 Å². The molecular formula is C33H17N5O4. The molecule has 5 rings (SSSR count). The minimum Gasteiger partial charge on any atom is -0.457 e. The number of nitrogens with zero attached hydrogens (tertiary/aromatic N) is 5. The zero-order chi connectivity index (χ0) is 29.3. The van der Waals surface area contributed by atoms with Gasteiger partial charge in [-0.05, 0) is 66.7 Å². The van der Waals surface area contributed by atoms with E-state index in [0.717, 1.165) is 0 Å². The average Bonchev–Trinajstić information content (AvgIpc) is 3.01. The summed E-state index contributed by atoms with van der Waals surface area (Å²) < 4.78 is 23.6. The SMILES string of the molecule is N#Cc1ccc(Oc2cccc(Oc3ccnc(Oc4cccc(Oc5ccc(C#N)c(C#N)c5)c4)c3)c2)cc1C#N. The molecule has 0 aliphatic heterocycles. The van der Waals surface area contributed by atoms with Gasteiger partial charge in [0.2, 0.25) is 5.88 Å². The average molecular weight is 548 g/mol. The highest BCUT2D eigenvalue weighted by Crippen LogP contribution is 2.32. The van der Waals surface area contributed by atoms with E-state index in [1.165, 1.54) is 24.3 Å². The largest absolute Gasteiger partial charge is 0.457 e. The van der Waals surface area contributed by atoms with E-state index in [0.29, 0.717) is 40.2 Å². The van der Waals surface area contributed by atoms with Crippen LogP contribution in [0.15, 0.2) is 103 Å². The highest BCUT2D eigenvalue weighted by molar-refractivity contribution is 5.51. The highest BCUT2D eigenvalue weighted by atomic mass is 16.5. The third-order valence-electron chi connectivity index (χ3n) is 5.71. The molecule has 0 saturated carbocycles. The topological polar surface area (TPSA) is 145 Å². The molecule has 0 fully saturated rings. The zero-order valence-corrected chi connectivity index (χ0v) is 21.7. The van der Waals surface area contributed by atoms with E-state index < -0.39 is 0 Å². The molecule has 0 unspecified atom stereocenters. The van der Waals surface area contributed by atoms with Gasteiger partial charge in [-0.1, -0.05) is 12.1 Å². The summed E-state index contributed by atoms with van der Waals surface area (Å²) in [6, 6.07) is 34.4. The van der Waals surface area contributed by atoms with E-state index in [1.807, 2.05) is 24.3 Å². The van der Waals surface area contributed by atoms with E-state index in [4.69, 9.17) is 29.5 Å². The highest BCUT2D eigenvalue weighted by Gasteiger charge is 2.09. The van der Waals surface area contributed by atoms with Crippen LogP contribution in [-0.2, 0) is 0 Å². The van der Waals surface area contributed by atoms with Gasteiger partial charge in [-0.15, -0.1) is 0 Å². The number of nitriles is 4. The van der Waals surface area contributed by atoms with Gasteiger partial charge < -0.3 is 18.9 Å². The monoisotopic (exact) mass is 547 g/mol. The number of rotatable bonds is 8. The minimum absolute atomic E-state index is 0.225. The second-order valence-electron chi connectivity index (χ2n) is 8.55. The summed E-state index contributed by atoms with van der Waals surface area (Å²) in [6.07, 6.45) is 1.55. The van der Waals surface area contributed by atoms with Gasteiger partial charge in [-0.3, -0.25) is 0 Å². The molecule has 5 aromatic rings. The van der Waals surface area contributed by atoms with Crippen molar-refractivity contribution in [1.29, 1.82) is 21.0 Å². The van der Waals surface area contributed by atoms with E-state index in [-0.39, 0.29) is 28.1 Å². The quantitative estimate of drug-likeness (QED) is 0.190. The first-order chi connectivity index (χ1) is 20.6. The van der Waals surface area contributed by atoms with Crippen molar-refractivity contribution in [2.45, 2.75) is 0 Å². The molecule has 9 nitrogen and oxygen atoms in total. The summed E-state index contributed by atoms with van der Waals surface area (Å²) in [5.41, 5.74) is 1.00. The molecule has 198 valence electrons. The number of hydrogen-bond donors (Lipinski definition) is 0. The lowest BCUT2D eigenvalue weighted by Crippen LogP contribution is -1.92. The molecule has 0 radical (unpaired) electrons. The van der Waals surface area contributed by atoms with E-state index in [1.54, 1.807) is 79.0 Å². The first-order valence-electron chi connectivity index (χ1n) is 12.3. The van der Waals surface area contributed by atoms with Gasteiger partial charge in [-0.2, -0.15) is 21.0 Å². The Morgan fingerprint density at radius 3 is 1.26 bits per heavy atom. The summed E-state index contributed by atoms with van der Waals surface area (Å²) in [5.74, 6) is 3.47. The Balaban J connectivity index is 1.27. The Hall–Kier alpha value is -6.81. The lowest BCUT2D eigenvalue weighted by molar-refractivity contribution is 0.437. The fraction of sp³-hybridized carbons (Fsp3) is 0. The first kappa shape index (κ1) is 26.8. The maximum absolute atomic E-state index is 9.25. The lowest BCUT2D eigenvalue weighted by Gasteiger charge is -2.11. The van der Waals surface area contributed by atoms with Crippen LogP contribution in [-0.4, -0.2) is 4.98 Å². The first-order valence-corrected chi connectivity index (χ1v) is 12.3. The molecule has 0 atom stereocenters. The molecular weight excluding hydrogens is 530 g/mol. The van der Waals surface area contributed by atoms with Crippen LogP contribution >= 0.6 is 0 Å². The molecule has 0 N–H and O–H groups in total. The van der Waals surface area contributed by atoms with Crippen molar-refractivity contribution in [2.24, 2.45) is 0 Å². The van der Waals surface area contributed by atoms with Crippen molar-refractivity contribution in [3.63, 3.8) is 0 Å². The Bertz CT molecular complexity index is 1820. The fourth-order valence-electron chi connectivity index (χ4n) is 3.80. The van der Waals surface area contributed by atoms with Gasteiger partial charge in [0.15, 0.2) is 0 Å². The van der Waals surface area contributed by atoms with Crippen molar-refractivity contribution in [1.82, 2.24) is 4.98 Å². The van der Waals surface area contributed by atoms with Gasteiger partial charge in [0.05, 0.1) is 22.3 Å². The van der Waals surface area contributed by atoms with Crippen molar-refractivity contribution >= 4 is 0 Å². The number of ether oxygens (including phenoxy) is 4. The summed E-state index contributed by atoms with van der Waals surface area (Å²) in [7, 11) is 0. The maximum atomic E-state index is 9.25. The van der Waals surface area contributed by atoms with Crippen molar-refractivity contribution in [3.05, 3.63) is 126 Å². The van der Waals surface area contributed by atoms with Crippen LogP contribution in [0.25, 0.3) is 0 Å². The summed E-state index contributed by atoms with van der Waals surface area (Å²) in [4.78, 5) is 4.25. The molecule has 0 spiro atoms. The summed E-state index contributed by atoms with van der Waals surface area (Å²) in [5, 5.41) is 36.7. The molecule has 0 amide bonds. The number of hydrogen-bond acceptors (Lipinski definition) is 9. The molecule has 1 aromatic heterocycles. The molecule has 0 aliphatic rings. The van der Waals surface area contributed by atoms with Crippen molar-refractivity contribution in [2.75, 3.05) is 0 Å². The second-order valence-corrected chi connectivity index (χ2v) is 8.55. The lowest BCUT2D eigenvalue weighted by atomic mass is 10.1. The smallest absolute Gasteiger partial charge is 0.222 e. The Kier molecular flexibility index (Phi) is 7.89. The van der Waals surface area contributed by atoms with Crippen LogP contribution in [0.1, 0.15) is 22.3 Å². The fourth-order valence-corrected chi connectivity index (χ4v) is 3.80. The summed E-state index contributed by atoms with van der Waals surface area (Å²) >= 11 is 0. The number of benzene rings is 4. The van der Waals surface area contributed by atoms with Crippen LogP contribution in [0.5, 0.6) is 46.1 Å². The molecule has 0 aliphatic carbocycles. The Morgan fingerprint density at radius 1 is 0.405 bits per heavy atom. The molecule has 0 saturated heterocycles. The molecule has 9 heteroatoms. The van der Waals surface area contributed by atoms with Gasteiger partial charge in [0.25, 0.3) is 0 Å². The standard InChI is InChI=1S/C33H17N5O4/c34-18-22-7-9-30(13-24(22)20-36)39-26-3-1-4-27(15-26)41-32-11-12-38-33(17-32)42-29-6-2-5-28(16-29)40-31-10-8-23(19-35)25(14-31)21-37/h1-17H. The van der Waals surface area contributed by atoms with Crippen LogP contribution in [0.3, 0.4) is 0 Å². The van der Waals surface area contributed by atoms with Crippen LogP contribution in [0.4, 0.5) is 0 Å². The normalized spacial score (nSPS) is 9.81. The zero-order valence-electron chi connectivity index (χ0n) is 21.7.